The molecular formula is C21H21ClF3N3O4S. The molecule has 1 fully saturated rings. The molecule has 178 valence electrons. The van der Waals surface area contributed by atoms with Crippen LogP contribution in [0, 0.1) is 5.82 Å². The van der Waals surface area contributed by atoms with Gasteiger partial charge in [-0.3, -0.25) is 4.79 Å². The number of carbonyl (C=O) groups is 1. The number of sulfone groups is 1. The molecule has 1 saturated carbocycles. The minimum Gasteiger partial charge on any atom is -0.482 e. The highest BCUT2D eigenvalue weighted by Gasteiger charge is 2.60. The molecule has 1 heterocycles. The number of benzene rings is 1. The summed E-state index contributed by atoms with van der Waals surface area (Å²) in [7, 11) is -3.38. The first kappa shape index (κ1) is 25.0. The number of nitrogens with zero attached hydrogens (tertiary/aromatic N) is 2. The quantitative estimate of drug-likeness (QED) is 0.579. The van der Waals surface area contributed by atoms with Crippen molar-refractivity contribution >= 4 is 27.3 Å². The van der Waals surface area contributed by atoms with E-state index in [1.807, 2.05) is 0 Å². The Balaban J connectivity index is 1.85. The Kier molecular flexibility index (Phi) is 7.04. The molecule has 0 aliphatic heterocycles. The molecule has 3 rings (SSSR count). The van der Waals surface area contributed by atoms with Crippen molar-refractivity contribution < 1.29 is 31.1 Å². The molecule has 0 unspecified atom stereocenters. The molecule has 1 aromatic heterocycles. The predicted octanol–water partition coefficient (Wildman–Crippen LogP) is 4.21. The first-order valence-electron chi connectivity index (χ1n) is 9.83. The van der Waals surface area contributed by atoms with Crippen LogP contribution in [0.1, 0.15) is 54.2 Å². The number of amides is 1. The number of hydrogen-bond acceptors (Lipinski definition) is 6. The van der Waals surface area contributed by atoms with Gasteiger partial charge in [0.25, 0.3) is 11.8 Å². The molecule has 1 amide bonds. The van der Waals surface area contributed by atoms with Crippen molar-refractivity contribution in [1.82, 2.24) is 15.3 Å². The lowest BCUT2D eigenvalue weighted by atomic mass is 10.1. The summed E-state index contributed by atoms with van der Waals surface area (Å²) in [5.41, 5.74) is 0.150. The van der Waals surface area contributed by atoms with Crippen molar-refractivity contribution in [2.45, 2.75) is 44.3 Å². The van der Waals surface area contributed by atoms with Crippen LogP contribution in [-0.2, 0) is 9.84 Å². The van der Waals surface area contributed by atoms with E-state index in [2.05, 4.69) is 15.3 Å². The number of aromatic nitrogens is 2. The van der Waals surface area contributed by atoms with Gasteiger partial charge in [0.15, 0.2) is 15.6 Å². The van der Waals surface area contributed by atoms with Crippen molar-refractivity contribution in [3.05, 3.63) is 63.8 Å². The fraction of sp³-hybridized carbons (Fsp3) is 0.381. The zero-order valence-corrected chi connectivity index (χ0v) is 19.4. The first-order chi connectivity index (χ1) is 15.3. The topological polar surface area (TPSA) is 98.2 Å². The Bertz CT molecular complexity index is 1210. The maximum Gasteiger partial charge on any atom is 0.289 e. The molecule has 7 nitrogen and oxygen atoms in total. The van der Waals surface area contributed by atoms with E-state index in [0.717, 1.165) is 17.9 Å². The molecule has 1 N–H and O–H groups in total. The van der Waals surface area contributed by atoms with E-state index in [1.165, 1.54) is 31.2 Å². The van der Waals surface area contributed by atoms with Gasteiger partial charge in [-0.2, -0.15) is 0 Å². The highest BCUT2D eigenvalue weighted by molar-refractivity contribution is 7.93. The first-order valence-corrected chi connectivity index (χ1v) is 12.2. The number of halogens is 4. The summed E-state index contributed by atoms with van der Waals surface area (Å²) < 4.78 is 69.6. The Morgan fingerprint density at radius 3 is 2.64 bits per heavy atom. The van der Waals surface area contributed by atoms with Crippen LogP contribution in [0.25, 0.3) is 0 Å². The standard InChI is InChI=1S/C21H21ClF3N3O4S/c1-11(7-8-33(3,30)31)27-20(29)19-26-10-16(18(28-19)14-9-21(14,24)25)32-12(2)13-5-4-6-15(23)17(13)22/h4-8,10-12,14H,9H2,1-3H3,(H,27,29)/b8-7+/t11-,12-,14+/m1/s1. The number of carbonyl (C=O) groups excluding carboxylic acids is 1. The second-order valence-corrected chi connectivity index (χ2v) is 10.1. The molecule has 0 bridgehead atoms. The SMILES string of the molecule is C[C@H](/C=C/S(C)(=O)=O)NC(=O)c1ncc(O[C@H](C)c2cccc(F)c2Cl)c([C@@H]2CC2(F)F)n1. The van der Waals surface area contributed by atoms with Crippen LogP contribution < -0.4 is 10.1 Å². The Morgan fingerprint density at radius 1 is 1.36 bits per heavy atom. The molecule has 2 aromatic rings. The molecule has 1 aliphatic carbocycles. The smallest absolute Gasteiger partial charge is 0.289 e. The van der Waals surface area contributed by atoms with Crippen LogP contribution in [0.4, 0.5) is 13.2 Å². The van der Waals surface area contributed by atoms with Crippen LogP contribution in [0.2, 0.25) is 5.02 Å². The van der Waals surface area contributed by atoms with Crippen LogP contribution in [0.15, 0.2) is 35.9 Å². The minimum atomic E-state index is -3.38. The molecule has 1 aromatic carbocycles. The molecule has 3 atom stereocenters. The number of hydrogen-bond donors (Lipinski definition) is 1. The lowest BCUT2D eigenvalue weighted by Crippen LogP contribution is -2.32. The van der Waals surface area contributed by atoms with Crippen molar-refractivity contribution in [3.8, 4) is 5.75 Å². The number of nitrogens with one attached hydrogen (secondary N) is 1. The summed E-state index contributed by atoms with van der Waals surface area (Å²) in [5.74, 6) is -6.16. The summed E-state index contributed by atoms with van der Waals surface area (Å²) >= 11 is 5.98. The van der Waals surface area contributed by atoms with Gasteiger partial charge in [-0.25, -0.2) is 31.6 Å². The van der Waals surface area contributed by atoms with Gasteiger partial charge in [0.1, 0.15) is 11.9 Å². The van der Waals surface area contributed by atoms with Crippen molar-refractivity contribution in [3.63, 3.8) is 0 Å². The Morgan fingerprint density at radius 2 is 2.03 bits per heavy atom. The van der Waals surface area contributed by atoms with Crippen molar-refractivity contribution in [2.75, 3.05) is 6.26 Å². The van der Waals surface area contributed by atoms with Gasteiger partial charge in [-0.1, -0.05) is 29.8 Å². The van der Waals surface area contributed by atoms with Crippen LogP contribution in [0.3, 0.4) is 0 Å². The van der Waals surface area contributed by atoms with Crippen LogP contribution >= 0.6 is 11.6 Å². The predicted molar refractivity (Wildman–Crippen MR) is 116 cm³/mol. The summed E-state index contributed by atoms with van der Waals surface area (Å²) in [5, 5.41) is 3.25. The lowest BCUT2D eigenvalue weighted by molar-refractivity contribution is 0.0932. The summed E-state index contributed by atoms with van der Waals surface area (Å²) in [6, 6.07) is 3.47. The maximum absolute atomic E-state index is 13.8. The molecular weight excluding hydrogens is 483 g/mol. The molecule has 1 aliphatic rings. The average Bonchev–Trinajstić information content (AvgIpc) is 3.36. The van der Waals surface area contributed by atoms with E-state index in [4.69, 9.17) is 16.3 Å². The van der Waals surface area contributed by atoms with Crippen molar-refractivity contribution in [1.29, 1.82) is 0 Å². The van der Waals surface area contributed by atoms with Crippen LogP contribution in [-0.4, -0.2) is 42.5 Å². The summed E-state index contributed by atoms with van der Waals surface area (Å²) in [4.78, 5) is 20.4. The van der Waals surface area contributed by atoms with Gasteiger partial charge in [0.2, 0.25) is 5.82 Å². The monoisotopic (exact) mass is 503 g/mol. The molecule has 0 spiro atoms. The largest absolute Gasteiger partial charge is 0.482 e. The molecule has 0 radical (unpaired) electrons. The normalized spacial score (nSPS) is 19.2. The van der Waals surface area contributed by atoms with Gasteiger partial charge < -0.3 is 10.1 Å². The maximum atomic E-state index is 13.8. The van der Waals surface area contributed by atoms with Gasteiger partial charge in [0, 0.05) is 29.7 Å². The van der Waals surface area contributed by atoms with E-state index >= 15 is 0 Å². The molecule has 33 heavy (non-hydrogen) atoms. The Hall–Kier alpha value is -2.66. The third kappa shape index (κ3) is 6.23. The van der Waals surface area contributed by atoms with E-state index in [9.17, 15) is 26.4 Å². The van der Waals surface area contributed by atoms with E-state index in [1.54, 1.807) is 6.92 Å². The number of alkyl halides is 2. The lowest BCUT2D eigenvalue weighted by Gasteiger charge is -2.19. The third-order valence-corrected chi connectivity index (χ3v) is 5.89. The van der Waals surface area contributed by atoms with Crippen molar-refractivity contribution in [2.24, 2.45) is 0 Å². The number of ether oxygens (including phenoxy) is 1. The fourth-order valence-corrected chi connectivity index (χ4v) is 3.81. The highest BCUT2D eigenvalue weighted by Crippen LogP contribution is 2.57. The van der Waals surface area contributed by atoms with E-state index < -0.39 is 52.0 Å². The van der Waals surface area contributed by atoms with E-state index in [0.29, 0.717) is 5.56 Å². The highest BCUT2D eigenvalue weighted by atomic mass is 35.5. The van der Waals surface area contributed by atoms with Gasteiger partial charge in [0.05, 0.1) is 22.8 Å². The molecule has 12 heteroatoms. The minimum absolute atomic E-state index is 0.0772. The van der Waals surface area contributed by atoms with Gasteiger partial charge >= 0.3 is 0 Å². The zero-order chi connectivity index (χ0) is 24.6. The van der Waals surface area contributed by atoms with E-state index in [-0.39, 0.29) is 22.3 Å². The molecule has 0 saturated heterocycles. The second kappa shape index (κ2) is 9.30. The van der Waals surface area contributed by atoms with Crippen LogP contribution in [0.5, 0.6) is 5.75 Å². The van der Waals surface area contributed by atoms with Gasteiger partial charge in [-0.05, 0) is 19.9 Å². The summed E-state index contributed by atoms with van der Waals surface area (Å²) in [6.07, 6.45) is 2.07. The van der Waals surface area contributed by atoms with Gasteiger partial charge in [-0.15, -0.1) is 0 Å². The Labute approximate surface area is 193 Å². The fourth-order valence-electron chi connectivity index (χ4n) is 3.01. The zero-order valence-electron chi connectivity index (χ0n) is 17.9. The third-order valence-electron chi connectivity index (χ3n) is 4.84. The summed E-state index contributed by atoms with van der Waals surface area (Å²) in [6.45, 7) is 3.09. The average molecular weight is 504 g/mol. The second-order valence-electron chi connectivity index (χ2n) is 7.78. The number of rotatable bonds is 8.